The van der Waals surface area contributed by atoms with Crippen molar-refractivity contribution in [2.45, 2.75) is 71.1 Å². The lowest BCUT2D eigenvalue weighted by molar-refractivity contribution is -0.202. The molecule has 3 amide bonds. The van der Waals surface area contributed by atoms with Crippen molar-refractivity contribution in [3.63, 3.8) is 0 Å². The molecule has 1 aromatic carbocycles. The van der Waals surface area contributed by atoms with E-state index in [0.29, 0.717) is 25.9 Å². The number of hydroxylamine groups is 1. The zero-order chi connectivity index (χ0) is 23.3. The maximum absolute atomic E-state index is 12.8. The van der Waals surface area contributed by atoms with Gasteiger partial charge in [0.2, 0.25) is 17.7 Å². The van der Waals surface area contributed by atoms with Crippen LogP contribution in [0.15, 0.2) is 30.3 Å². The molecule has 0 aromatic heterocycles. The minimum atomic E-state index is -0.664. The summed E-state index contributed by atoms with van der Waals surface area (Å²) in [5.41, 5.74) is 3.57. The summed E-state index contributed by atoms with van der Waals surface area (Å²) in [4.78, 5) is 43.1. The summed E-state index contributed by atoms with van der Waals surface area (Å²) in [5, 5.41) is 5.41. The zero-order valence-corrected chi connectivity index (χ0v) is 19.4. The molecule has 2 rings (SSSR count). The summed E-state index contributed by atoms with van der Waals surface area (Å²) in [5.74, 6) is -1.27. The van der Waals surface area contributed by atoms with Crippen LogP contribution in [0.5, 0.6) is 0 Å². The second-order valence-corrected chi connectivity index (χ2v) is 8.67. The lowest BCUT2D eigenvalue weighted by Crippen LogP contribution is -2.47. The first-order valence-electron chi connectivity index (χ1n) is 11.5. The Hall–Kier alpha value is -2.45. The lowest BCUT2D eigenvalue weighted by atomic mass is 9.93. The van der Waals surface area contributed by atoms with Gasteiger partial charge in [-0.1, -0.05) is 44.2 Å². The standard InChI is InChI=1S/C24H37N3O5/c1-17(2)15-19(23(29)27-32-22-11-7-8-14-31-22)16-21(28)26-20(24(30)25-3)13-12-18-9-5-4-6-10-18/h4-6,9-10,17,19-20,22H,7-8,11-16H2,1-3H3,(H,25,30)(H,26,28)(H,27,29)/t19-,20?,22+/m1/s1. The highest BCUT2D eigenvalue weighted by Gasteiger charge is 2.27. The topological polar surface area (TPSA) is 106 Å². The van der Waals surface area contributed by atoms with Crippen LogP contribution in [0.3, 0.4) is 0 Å². The molecule has 1 saturated heterocycles. The monoisotopic (exact) mass is 447 g/mol. The highest BCUT2D eigenvalue weighted by atomic mass is 16.8. The number of hydrogen-bond acceptors (Lipinski definition) is 5. The van der Waals surface area contributed by atoms with Crippen molar-refractivity contribution in [2.75, 3.05) is 13.7 Å². The Balaban J connectivity index is 1.91. The number of likely N-dealkylation sites (N-methyl/N-ethyl adjacent to an activating group) is 1. The van der Waals surface area contributed by atoms with E-state index in [4.69, 9.17) is 9.57 Å². The van der Waals surface area contributed by atoms with Gasteiger partial charge in [-0.15, -0.1) is 0 Å². The van der Waals surface area contributed by atoms with E-state index in [1.54, 1.807) is 7.05 Å². The molecule has 0 aliphatic carbocycles. The van der Waals surface area contributed by atoms with Gasteiger partial charge in [-0.25, -0.2) is 10.3 Å². The number of amides is 3. The fourth-order valence-corrected chi connectivity index (χ4v) is 3.74. The third-order valence-electron chi connectivity index (χ3n) is 5.45. The first kappa shape index (κ1) is 25.8. The van der Waals surface area contributed by atoms with E-state index < -0.39 is 18.2 Å². The number of carbonyl (C=O) groups excluding carboxylic acids is 3. The lowest BCUT2D eigenvalue weighted by Gasteiger charge is -2.24. The van der Waals surface area contributed by atoms with Gasteiger partial charge < -0.3 is 15.4 Å². The van der Waals surface area contributed by atoms with E-state index in [-0.39, 0.29) is 30.1 Å². The Morgan fingerprint density at radius 3 is 2.50 bits per heavy atom. The predicted octanol–water partition coefficient (Wildman–Crippen LogP) is 2.48. The maximum Gasteiger partial charge on any atom is 0.247 e. The molecule has 178 valence electrons. The predicted molar refractivity (Wildman–Crippen MR) is 121 cm³/mol. The number of nitrogens with one attached hydrogen (secondary N) is 3. The number of hydrogen-bond donors (Lipinski definition) is 3. The average Bonchev–Trinajstić information content (AvgIpc) is 2.80. The summed E-state index contributed by atoms with van der Waals surface area (Å²) in [6, 6.07) is 9.13. The van der Waals surface area contributed by atoms with Crippen LogP contribution in [0, 0.1) is 11.8 Å². The van der Waals surface area contributed by atoms with Crippen LogP contribution in [0.25, 0.3) is 0 Å². The van der Waals surface area contributed by atoms with Crippen LogP contribution in [-0.2, 0) is 30.4 Å². The third kappa shape index (κ3) is 9.36. The van der Waals surface area contributed by atoms with Crippen LogP contribution >= 0.6 is 0 Å². The third-order valence-corrected chi connectivity index (χ3v) is 5.45. The van der Waals surface area contributed by atoms with Gasteiger partial charge in [0.15, 0.2) is 6.29 Å². The summed E-state index contributed by atoms with van der Waals surface area (Å²) in [6.45, 7) is 4.61. The second-order valence-electron chi connectivity index (χ2n) is 8.67. The van der Waals surface area contributed by atoms with Crippen LogP contribution < -0.4 is 16.1 Å². The number of aryl methyl sites for hydroxylation is 1. The van der Waals surface area contributed by atoms with Crippen LogP contribution in [-0.4, -0.2) is 43.7 Å². The van der Waals surface area contributed by atoms with Gasteiger partial charge in [0.25, 0.3) is 0 Å². The highest BCUT2D eigenvalue weighted by molar-refractivity contribution is 5.89. The molecular weight excluding hydrogens is 410 g/mol. The summed E-state index contributed by atoms with van der Waals surface area (Å²) < 4.78 is 5.46. The van der Waals surface area contributed by atoms with E-state index in [9.17, 15) is 14.4 Å². The van der Waals surface area contributed by atoms with Crippen molar-refractivity contribution in [3.05, 3.63) is 35.9 Å². The van der Waals surface area contributed by atoms with Crippen molar-refractivity contribution in [3.8, 4) is 0 Å². The molecule has 3 atom stereocenters. The highest BCUT2D eigenvalue weighted by Crippen LogP contribution is 2.18. The first-order valence-corrected chi connectivity index (χ1v) is 11.5. The number of ether oxygens (including phenoxy) is 1. The van der Waals surface area contributed by atoms with Gasteiger partial charge in [0.05, 0.1) is 0 Å². The fraction of sp³-hybridized carbons (Fsp3) is 0.625. The molecule has 1 heterocycles. The molecule has 1 aliphatic rings. The molecule has 0 radical (unpaired) electrons. The van der Waals surface area contributed by atoms with Gasteiger partial charge in [-0.2, -0.15) is 0 Å². The second kappa shape index (κ2) is 13.9. The van der Waals surface area contributed by atoms with Gasteiger partial charge in [0, 0.05) is 32.4 Å². The largest absolute Gasteiger partial charge is 0.357 e. The van der Waals surface area contributed by atoms with Crippen molar-refractivity contribution >= 4 is 17.7 Å². The molecule has 32 heavy (non-hydrogen) atoms. The Bertz CT molecular complexity index is 720. The fourth-order valence-electron chi connectivity index (χ4n) is 3.74. The van der Waals surface area contributed by atoms with Gasteiger partial charge in [-0.05, 0) is 43.6 Å². The Kier molecular flexibility index (Phi) is 11.2. The number of carbonyl (C=O) groups is 3. The summed E-state index contributed by atoms with van der Waals surface area (Å²) >= 11 is 0. The molecule has 1 unspecified atom stereocenters. The Labute approximate surface area is 190 Å². The molecule has 1 aliphatic heterocycles. The molecule has 1 aromatic rings. The quantitative estimate of drug-likeness (QED) is 0.427. The maximum atomic E-state index is 12.8. The van der Waals surface area contributed by atoms with Crippen molar-refractivity contribution in [2.24, 2.45) is 11.8 Å². The summed E-state index contributed by atoms with van der Waals surface area (Å²) in [6.07, 6.45) is 3.90. The SMILES string of the molecule is CNC(=O)C(CCc1ccccc1)NC(=O)C[C@@H](CC(C)C)C(=O)NO[C@H]1CCCCO1. The van der Waals surface area contributed by atoms with Crippen molar-refractivity contribution in [1.82, 2.24) is 16.1 Å². The van der Waals surface area contributed by atoms with Crippen LogP contribution in [0.4, 0.5) is 0 Å². The van der Waals surface area contributed by atoms with Gasteiger partial charge in [0.1, 0.15) is 6.04 Å². The molecule has 8 nitrogen and oxygen atoms in total. The minimum Gasteiger partial charge on any atom is -0.357 e. The Morgan fingerprint density at radius 1 is 1.12 bits per heavy atom. The molecule has 8 heteroatoms. The van der Waals surface area contributed by atoms with Crippen LogP contribution in [0.2, 0.25) is 0 Å². The molecule has 3 N–H and O–H groups in total. The van der Waals surface area contributed by atoms with Gasteiger partial charge >= 0.3 is 0 Å². The van der Waals surface area contributed by atoms with Crippen molar-refractivity contribution < 1.29 is 24.0 Å². The minimum absolute atomic E-state index is 0.0161. The molecule has 0 bridgehead atoms. The Morgan fingerprint density at radius 2 is 1.88 bits per heavy atom. The average molecular weight is 448 g/mol. The molecule has 0 spiro atoms. The van der Waals surface area contributed by atoms with Crippen molar-refractivity contribution in [1.29, 1.82) is 0 Å². The van der Waals surface area contributed by atoms with Crippen LogP contribution in [0.1, 0.15) is 57.9 Å². The van der Waals surface area contributed by atoms with E-state index in [1.807, 2.05) is 44.2 Å². The molecule has 1 fully saturated rings. The molecule has 0 saturated carbocycles. The normalized spacial score (nSPS) is 17.9. The van der Waals surface area contributed by atoms with E-state index in [0.717, 1.165) is 24.8 Å². The van der Waals surface area contributed by atoms with E-state index >= 15 is 0 Å². The zero-order valence-electron chi connectivity index (χ0n) is 19.4. The summed E-state index contributed by atoms with van der Waals surface area (Å²) in [7, 11) is 1.55. The number of benzene rings is 1. The first-order chi connectivity index (χ1) is 15.4. The van der Waals surface area contributed by atoms with Gasteiger partial charge in [-0.3, -0.25) is 14.4 Å². The smallest absolute Gasteiger partial charge is 0.247 e. The van der Waals surface area contributed by atoms with E-state index in [2.05, 4.69) is 16.1 Å². The number of rotatable bonds is 12. The molecular formula is C24H37N3O5. The van der Waals surface area contributed by atoms with E-state index in [1.165, 1.54) is 0 Å².